The van der Waals surface area contributed by atoms with Crippen LogP contribution in [0.3, 0.4) is 0 Å². The quantitative estimate of drug-likeness (QED) is 0.470. The monoisotopic (exact) mass is 543 g/mol. The van der Waals surface area contributed by atoms with Gasteiger partial charge in [0.15, 0.2) is 5.69 Å². The number of aromatic nitrogens is 1. The van der Waals surface area contributed by atoms with Gasteiger partial charge in [-0.25, -0.2) is 9.78 Å². The molecule has 0 radical (unpaired) electrons. The van der Waals surface area contributed by atoms with Crippen LogP contribution < -0.4 is 5.32 Å². The largest absolute Gasteiger partial charge is 0.460 e. The Balaban J connectivity index is 1.87. The Morgan fingerprint density at radius 1 is 1.23 bits per heavy atom. The normalized spacial score (nSPS) is 27.8. The lowest BCUT2D eigenvalue weighted by molar-refractivity contribution is -0.159. The number of amides is 2. The second-order valence-corrected chi connectivity index (χ2v) is 10.1. The van der Waals surface area contributed by atoms with E-state index in [2.05, 4.69) is 10.3 Å². The number of carbonyl (C=O) groups is 4. The van der Waals surface area contributed by atoms with Crippen LogP contribution in [-0.4, -0.2) is 81.6 Å². The molecule has 1 fully saturated rings. The summed E-state index contributed by atoms with van der Waals surface area (Å²) in [6.45, 7) is 5.61. The Hall–Kier alpha value is -3.57. The lowest BCUT2D eigenvalue weighted by atomic mass is 9.93. The maximum atomic E-state index is 13.2. The van der Waals surface area contributed by atoms with E-state index >= 15 is 0 Å². The van der Waals surface area contributed by atoms with E-state index in [9.17, 15) is 29.4 Å². The van der Waals surface area contributed by atoms with Crippen molar-refractivity contribution in [3.05, 3.63) is 53.8 Å². The number of Topliss-reactive ketones (excluding diaryl/α,β-unsaturated/α-hetero) is 1. The van der Waals surface area contributed by atoms with Gasteiger partial charge in [0.25, 0.3) is 5.91 Å². The van der Waals surface area contributed by atoms with Crippen LogP contribution in [0.25, 0.3) is 0 Å². The number of oxazole rings is 1. The van der Waals surface area contributed by atoms with Crippen LogP contribution in [-0.2, 0) is 25.5 Å². The number of hydrogen-bond acceptors (Lipinski definition) is 9. The van der Waals surface area contributed by atoms with Gasteiger partial charge >= 0.3 is 5.97 Å². The van der Waals surface area contributed by atoms with Gasteiger partial charge in [-0.05, 0) is 25.8 Å². The van der Waals surface area contributed by atoms with Gasteiger partial charge < -0.3 is 29.6 Å². The summed E-state index contributed by atoms with van der Waals surface area (Å²) in [7, 11) is 0. The number of aliphatic hydroxyl groups is 2. The van der Waals surface area contributed by atoms with E-state index in [1.807, 2.05) is 0 Å². The Kier molecular flexibility index (Phi) is 10.8. The number of cyclic esters (lactones) is 1. The summed E-state index contributed by atoms with van der Waals surface area (Å²) in [6.07, 6.45) is 7.96. The minimum Gasteiger partial charge on any atom is -0.460 e. The lowest BCUT2D eigenvalue weighted by Crippen LogP contribution is -2.44. The van der Waals surface area contributed by atoms with Crippen LogP contribution in [0, 0.1) is 11.8 Å². The first-order valence-electron chi connectivity index (χ1n) is 13.2. The molecule has 1 aromatic heterocycles. The highest BCUT2D eigenvalue weighted by Gasteiger charge is 2.39. The molecule has 5 atom stereocenters. The topological polar surface area (TPSA) is 159 Å². The zero-order valence-corrected chi connectivity index (χ0v) is 22.5. The fraction of sp³-hybridized carbons (Fsp3) is 0.536. The van der Waals surface area contributed by atoms with Crippen molar-refractivity contribution >= 4 is 23.6 Å². The average molecular weight is 544 g/mol. The van der Waals surface area contributed by atoms with Gasteiger partial charge in [-0.15, -0.1) is 0 Å². The number of carbonyl (C=O) groups excluding carboxylic acids is 4. The van der Waals surface area contributed by atoms with Crippen molar-refractivity contribution in [3.63, 3.8) is 0 Å². The number of ether oxygens (including phenoxy) is 1. The molecule has 0 spiro atoms. The minimum absolute atomic E-state index is 0.0279. The molecule has 11 heteroatoms. The number of fused-ring (bicyclic) bond motifs is 3. The van der Waals surface area contributed by atoms with E-state index < -0.39 is 42.0 Å². The first-order valence-corrected chi connectivity index (χ1v) is 13.2. The maximum Gasteiger partial charge on any atom is 0.329 e. The molecule has 5 unspecified atom stereocenters. The molecule has 2 bridgehead atoms. The molecule has 0 saturated carbocycles. The van der Waals surface area contributed by atoms with E-state index in [0.29, 0.717) is 25.0 Å². The molecule has 39 heavy (non-hydrogen) atoms. The highest BCUT2D eigenvalue weighted by Crippen LogP contribution is 2.25. The maximum absolute atomic E-state index is 13.2. The van der Waals surface area contributed by atoms with Crippen LogP contribution in [0.15, 0.2) is 46.6 Å². The predicted octanol–water partition coefficient (Wildman–Crippen LogP) is 1.51. The van der Waals surface area contributed by atoms with Crippen molar-refractivity contribution in [1.29, 1.82) is 0 Å². The van der Waals surface area contributed by atoms with Crippen molar-refractivity contribution in [2.24, 2.45) is 11.8 Å². The van der Waals surface area contributed by atoms with Crippen LogP contribution in [0.4, 0.5) is 0 Å². The van der Waals surface area contributed by atoms with Gasteiger partial charge in [0.1, 0.15) is 24.2 Å². The number of aliphatic hydroxyl groups excluding tert-OH is 2. The van der Waals surface area contributed by atoms with Gasteiger partial charge in [-0.1, -0.05) is 43.7 Å². The highest BCUT2D eigenvalue weighted by molar-refractivity contribution is 5.95. The minimum atomic E-state index is -1.02. The van der Waals surface area contributed by atoms with E-state index in [1.165, 1.54) is 17.1 Å². The summed E-state index contributed by atoms with van der Waals surface area (Å²) in [6, 6.07) is -0.842. The molecule has 3 heterocycles. The van der Waals surface area contributed by atoms with E-state index in [1.54, 1.807) is 39.0 Å². The van der Waals surface area contributed by atoms with Crippen LogP contribution in [0.1, 0.15) is 56.4 Å². The van der Waals surface area contributed by atoms with Gasteiger partial charge in [0.05, 0.1) is 12.5 Å². The molecule has 2 aliphatic heterocycles. The third-order valence-electron chi connectivity index (χ3n) is 6.74. The second-order valence-electron chi connectivity index (χ2n) is 10.1. The zero-order valence-electron chi connectivity index (χ0n) is 22.5. The molecule has 3 N–H and O–H groups in total. The molecule has 212 valence electrons. The van der Waals surface area contributed by atoms with E-state index in [0.717, 1.165) is 6.26 Å². The molecule has 1 aromatic rings. The number of rotatable bonds is 2. The Morgan fingerprint density at radius 2 is 2.00 bits per heavy atom. The van der Waals surface area contributed by atoms with Gasteiger partial charge in [0.2, 0.25) is 11.8 Å². The summed E-state index contributed by atoms with van der Waals surface area (Å²) >= 11 is 0. The zero-order chi connectivity index (χ0) is 28.5. The molecule has 0 aromatic carbocycles. The fourth-order valence-electron chi connectivity index (χ4n) is 4.65. The van der Waals surface area contributed by atoms with E-state index in [4.69, 9.17) is 9.15 Å². The van der Waals surface area contributed by atoms with Crippen molar-refractivity contribution in [2.45, 2.75) is 64.7 Å². The smallest absolute Gasteiger partial charge is 0.329 e. The molecular weight excluding hydrogens is 506 g/mol. The SMILES string of the molecule is CC1=CC(O)CC(=O)Cc2nc(co2)C(=O)N2CCCC2C(=O)OC(C(C)CO)C(C)/C=C/C(=O)NCC=C1. The van der Waals surface area contributed by atoms with Crippen LogP contribution >= 0.6 is 0 Å². The molecular formula is C28H37N3O8. The highest BCUT2D eigenvalue weighted by atomic mass is 16.5. The molecule has 3 rings (SSSR count). The number of allylic oxidation sites excluding steroid dienone is 2. The Morgan fingerprint density at radius 3 is 2.74 bits per heavy atom. The summed E-state index contributed by atoms with van der Waals surface area (Å²) in [4.78, 5) is 56.6. The summed E-state index contributed by atoms with van der Waals surface area (Å²) in [5.41, 5.74) is 0.679. The number of nitrogens with zero attached hydrogens (tertiary/aromatic N) is 2. The first-order chi connectivity index (χ1) is 18.6. The van der Waals surface area contributed by atoms with Crippen LogP contribution in [0.5, 0.6) is 0 Å². The predicted molar refractivity (Wildman–Crippen MR) is 140 cm³/mol. The molecule has 11 nitrogen and oxygen atoms in total. The number of esters is 1. The molecule has 2 amide bonds. The summed E-state index contributed by atoms with van der Waals surface area (Å²) in [5.74, 6) is -2.56. The van der Waals surface area contributed by atoms with Gasteiger partial charge in [-0.3, -0.25) is 14.4 Å². The summed E-state index contributed by atoms with van der Waals surface area (Å²) < 4.78 is 11.1. The number of nitrogens with one attached hydrogen (secondary N) is 1. The van der Waals surface area contributed by atoms with Crippen LogP contribution in [0.2, 0.25) is 0 Å². The third-order valence-corrected chi connectivity index (χ3v) is 6.74. The Bertz CT molecular complexity index is 1140. The van der Waals surface area contributed by atoms with Crippen molar-refractivity contribution in [2.75, 3.05) is 19.7 Å². The second kappa shape index (κ2) is 14.0. The van der Waals surface area contributed by atoms with Crippen molar-refractivity contribution in [3.8, 4) is 0 Å². The lowest BCUT2D eigenvalue weighted by Gasteiger charge is -2.30. The van der Waals surface area contributed by atoms with Crippen molar-refractivity contribution in [1.82, 2.24) is 15.2 Å². The first kappa shape index (κ1) is 30.0. The van der Waals surface area contributed by atoms with E-state index in [-0.39, 0.29) is 49.3 Å². The Labute approximate surface area is 227 Å². The fourth-order valence-corrected chi connectivity index (χ4v) is 4.65. The average Bonchev–Trinajstić information content (AvgIpc) is 3.57. The van der Waals surface area contributed by atoms with Gasteiger partial charge in [0, 0.05) is 38.0 Å². The van der Waals surface area contributed by atoms with Gasteiger partial charge in [-0.2, -0.15) is 0 Å². The molecule has 0 aliphatic carbocycles. The number of hydrogen-bond donors (Lipinski definition) is 3. The third kappa shape index (κ3) is 8.46. The standard InChI is InChI=1S/C28H37N3O8/c1-17-6-4-10-29-24(35)9-8-18(2)26(19(3)15-32)39-28(37)23-7-5-11-31(23)27(36)22-16-38-25(30-22)14-21(34)13-20(33)12-17/h4,6,8-9,12,16,18-20,23,26,32-33H,5,7,10-11,13-15H2,1-3H3,(H,29,35)/b6-4?,9-8+,17-12?. The summed E-state index contributed by atoms with van der Waals surface area (Å²) in [5, 5.41) is 22.7. The van der Waals surface area contributed by atoms with Crippen molar-refractivity contribution < 1.29 is 38.5 Å². The number of ketones is 1. The molecule has 2 aliphatic rings. The molecule has 1 saturated heterocycles.